The first-order valence-corrected chi connectivity index (χ1v) is 6.07. The summed E-state index contributed by atoms with van der Waals surface area (Å²) in [6.07, 6.45) is 0. The van der Waals surface area contributed by atoms with E-state index in [0.29, 0.717) is 0 Å². The SMILES string of the molecule is CC(C)C(C)(O)P(C)(C)=O. The van der Waals surface area contributed by atoms with Gasteiger partial charge in [-0.2, -0.15) is 0 Å². The maximum Gasteiger partial charge on any atom is 0.116 e. The molecule has 0 aromatic rings. The van der Waals surface area contributed by atoms with E-state index in [1.165, 1.54) is 0 Å². The van der Waals surface area contributed by atoms with Gasteiger partial charge in [-0.15, -0.1) is 0 Å². The predicted molar refractivity (Wildman–Crippen MR) is 44.9 cm³/mol. The molecule has 0 aliphatic carbocycles. The smallest absolute Gasteiger partial charge is 0.116 e. The van der Waals surface area contributed by atoms with Crippen LogP contribution in [0.25, 0.3) is 0 Å². The van der Waals surface area contributed by atoms with Crippen LogP contribution in [-0.2, 0) is 4.57 Å². The molecule has 0 aliphatic rings. The maximum absolute atomic E-state index is 11.4. The van der Waals surface area contributed by atoms with Gasteiger partial charge in [-0.3, -0.25) is 0 Å². The van der Waals surface area contributed by atoms with E-state index in [9.17, 15) is 9.67 Å². The minimum absolute atomic E-state index is 0.0494. The van der Waals surface area contributed by atoms with Gasteiger partial charge in [0, 0.05) is 0 Å². The van der Waals surface area contributed by atoms with Crippen LogP contribution in [0.5, 0.6) is 0 Å². The van der Waals surface area contributed by atoms with E-state index in [1.54, 1.807) is 20.3 Å². The van der Waals surface area contributed by atoms with Crippen LogP contribution in [0.4, 0.5) is 0 Å². The summed E-state index contributed by atoms with van der Waals surface area (Å²) >= 11 is 0. The average Bonchev–Trinajstić information content (AvgIpc) is 1.62. The van der Waals surface area contributed by atoms with Crippen molar-refractivity contribution in [1.29, 1.82) is 0 Å². The van der Waals surface area contributed by atoms with Gasteiger partial charge in [-0.05, 0) is 26.2 Å². The van der Waals surface area contributed by atoms with Crippen LogP contribution in [0.3, 0.4) is 0 Å². The molecule has 0 spiro atoms. The first-order chi connectivity index (χ1) is 4.19. The van der Waals surface area contributed by atoms with Gasteiger partial charge < -0.3 is 9.67 Å². The van der Waals surface area contributed by atoms with Crippen molar-refractivity contribution in [2.75, 3.05) is 13.3 Å². The molecule has 2 nitrogen and oxygen atoms in total. The van der Waals surface area contributed by atoms with Crippen LogP contribution in [0, 0.1) is 5.92 Å². The zero-order chi connectivity index (χ0) is 8.58. The normalized spacial score (nSPS) is 19.1. The summed E-state index contributed by atoms with van der Waals surface area (Å²) in [6, 6.07) is 0. The molecule has 10 heavy (non-hydrogen) atoms. The van der Waals surface area contributed by atoms with Crippen molar-refractivity contribution in [1.82, 2.24) is 0 Å². The lowest BCUT2D eigenvalue weighted by Crippen LogP contribution is -2.30. The largest absolute Gasteiger partial charge is 0.382 e. The quantitative estimate of drug-likeness (QED) is 0.633. The molecule has 3 heteroatoms. The average molecular weight is 164 g/mol. The van der Waals surface area contributed by atoms with E-state index in [0.717, 1.165) is 0 Å². The molecule has 0 aliphatic heterocycles. The third kappa shape index (κ3) is 1.83. The Balaban J connectivity index is 4.58. The molecule has 0 heterocycles. The monoisotopic (exact) mass is 164 g/mol. The Morgan fingerprint density at radius 3 is 1.70 bits per heavy atom. The summed E-state index contributed by atoms with van der Waals surface area (Å²) in [5.41, 5.74) is 0. The summed E-state index contributed by atoms with van der Waals surface area (Å²) in [7, 11) is -2.37. The van der Waals surface area contributed by atoms with E-state index in [1.807, 2.05) is 13.8 Å². The number of rotatable bonds is 2. The Labute approximate surface area is 63.0 Å². The first-order valence-electron chi connectivity index (χ1n) is 3.47. The fourth-order valence-corrected chi connectivity index (χ4v) is 1.87. The van der Waals surface area contributed by atoms with Crippen LogP contribution in [0.15, 0.2) is 0 Å². The van der Waals surface area contributed by atoms with Crippen LogP contribution >= 0.6 is 7.14 Å². The van der Waals surface area contributed by atoms with Crippen molar-refractivity contribution in [3.8, 4) is 0 Å². The first kappa shape index (κ1) is 10.2. The maximum atomic E-state index is 11.4. The number of hydrogen-bond donors (Lipinski definition) is 1. The molecule has 1 unspecified atom stereocenters. The fraction of sp³-hybridized carbons (Fsp3) is 1.00. The van der Waals surface area contributed by atoms with Gasteiger partial charge in [0.25, 0.3) is 0 Å². The summed E-state index contributed by atoms with van der Waals surface area (Å²) in [4.78, 5) is 0. The Bertz CT molecular complexity index is 155. The minimum Gasteiger partial charge on any atom is -0.382 e. The van der Waals surface area contributed by atoms with E-state index in [4.69, 9.17) is 0 Å². The third-order valence-corrected chi connectivity index (χ3v) is 4.88. The van der Waals surface area contributed by atoms with Crippen molar-refractivity contribution in [3.63, 3.8) is 0 Å². The molecule has 0 amide bonds. The zero-order valence-electron chi connectivity index (χ0n) is 7.38. The second-order valence-corrected chi connectivity index (χ2v) is 7.21. The highest BCUT2D eigenvalue weighted by atomic mass is 31.2. The molecule has 0 saturated heterocycles. The second-order valence-electron chi connectivity index (χ2n) is 3.60. The van der Waals surface area contributed by atoms with Crippen molar-refractivity contribution >= 4 is 7.14 Å². The lowest BCUT2D eigenvalue weighted by molar-refractivity contribution is 0.0942. The van der Waals surface area contributed by atoms with Crippen molar-refractivity contribution in [2.45, 2.75) is 26.1 Å². The minimum atomic E-state index is -2.37. The second kappa shape index (κ2) is 2.67. The Kier molecular flexibility index (Phi) is 2.72. The third-order valence-electron chi connectivity index (χ3n) is 2.18. The summed E-state index contributed by atoms with van der Waals surface area (Å²) < 4.78 is 11.4. The number of hydrogen-bond acceptors (Lipinski definition) is 2. The molecule has 0 fully saturated rings. The molecule has 0 aromatic heterocycles. The molecular weight excluding hydrogens is 147 g/mol. The molecule has 0 bridgehead atoms. The van der Waals surface area contributed by atoms with Crippen molar-refractivity contribution in [3.05, 3.63) is 0 Å². The molecular formula is C7H17O2P. The highest BCUT2D eigenvalue weighted by Gasteiger charge is 2.37. The van der Waals surface area contributed by atoms with Crippen molar-refractivity contribution in [2.24, 2.45) is 5.92 Å². The lowest BCUT2D eigenvalue weighted by Gasteiger charge is -2.31. The van der Waals surface area contributed by atoms with Crippen LogP contribution in [0.2, 0.25) is 0 Å². The Morgan fingerprint density at radius 2 is 1.70 bits per heavy atom. The van der Waals surface area contributed by atoms with Gasteiger partial charge in [0.2, 0.25) is 0 Å². The van der Waals surface area contributed by atoms with Crippen LogP contribution < -0.4 is 0 Å². The van der Waals surface area contributed by atoms with Gasteiger partial charge in [0.15, 0.2) is 0 Å². The van der Waals surface area contributed by atoms with Gasteiger partial charge in [0.05, 0.1) is 0 Å². The lowest BCUT2D eigenvalue weighted by atomic mass is 10.1. The van der Waals surface area contributed by atoms with Crippen LogP contribution in [0.1, 0.15) is 20.8 Å². The van der Waals surface area contributed by atoms with E-state index >= 15 is 0 Å². The standard InChI is InChI=1S/C7H17O2P/c1-6(2)7(3,8)10(4,5)9/h6,8H,1-5H3. The molecule has 62 valence electrons. The van der Waals surface area contributed by atoms with Crippen molar-refractivity contribution < 1.29 is 9.67 Å². The summed E-state index contributed by atoms with van der Waals surface area (Å²) in [6.45, 7) is 8.62. The highest BCUT2D eigenvalue weighted by Crippen LogP contribution is 2.53. The molecule has 0 saturated carbocycles. The topological polar surface area (TPSA) is 37.3 Å². The Hall–Kier alpha value is 0.190. The molecule has 1 atom stereocenters. The molecule has 0 radical (unpaired) electrons. The zero-order valence-corrected chi connectivity index (χ0v) is 8.27. The predicted octanol–water partition coefficient (Wildman–Crippen LogP) is 1.97. The fourth-order valence-electron chi connectivity index (χ4n) is 0.622. The molecule has 0 rings (SSSR count). The Morgan fingerprint density at radius 1 is 1.40 bits per heavy atom. The van der Waals surface area contributed by atoms with Crippen LogP contribution in [-0.4, -0.2) is 23.8 Å². The van der Waals surface area contributed by atoms with E-state index in [2.05, 4.69) is 0 Å². The molecule has 1 N–H and O–H groups in total. The molecule has 0 aromatic carbocycles. The van der Waals surface area contributed by atoms with Gasteiger partial charge in [-0.25, -0.2) is 0 Å². The van der Waals surface area contributed by atoms with Gasteiger partial charge in [0.1, 0.15) is 12.5 Å². The summed E-state index contributed by atoms with van der Waals surface area (Å²) in [5.74, 6) is 0.0494. The van der Waals surface area contributed by atoms with E-state index < -0.39 is 12.5 Å². The van der Waals surface area contributed by atoms with Gasteiger partial charge in [-0.1, -0.05) is 13.8 Å². The number of aliphatic hydroxyl groups is 1. The highest BCUT2D eigenvalue weighted by molar-refractivity contribution is 7.63. The van der Waals surface area contributed by atoms with Gasteiger partial charge >= 0.3 is 0 Å². The summed E-state index contributed by atoms with van der Waals surface area (Å²) in [5, 5.41) is 8.66. The van der Waals surface area contributed by atoms with E-state index in [-0.39, 0.29) is 5.92 Å².